The number of aromatic nitrogens is 3. The topological polar surface area (TPSA) is 97.6 Å². The van der Waals surface area contributed by atoms with Gasteiger partial charge in [-0.3, -0.25) is 9.80 Å². The fourth-order valence-corrected chi connectivity index (χ4v) is 4.92. The molecule has 0 saturated carbocycles. The van der Waals surface area contributed by atoms with Crippen LogP contribution < -0.4 is 4.90 Å². The lowest BCUT2D eigenvalue weighted by Gasteiger charge is -2.17. The predicted octanol–water partition coefficient (Wildman–Crippen LogP) is 1.75. The first-order valence-corrected chi connectivity index (χ1v) is 12.7. The molecule has 11 heteroatoms. The zero-order valence-corrected chi connectivity index (χ0v) is 19.9. The van der Waals surface area contributed by atoms with E-state index in [-0.39, 0.29) is 24.5 Å². The summed E-state index contributed by atoms with van der Waals surface area (Å²) in [7, 11) is 0.801. The molecule has 2 aliphatic rings. The summed E-state index contributed by atoms with van der Waals surface area (Å²) in [5.41, 5.74) is 2.13. The molecule has 2 aliphatic heterocycles. The number of carbonyl (C=O) groups excluding carboxylic acids is 1. The fourth-order valence-electron chi connectivity index (χ4n) is 3.77. The third-order valence-electron chi connectivity index (χ3n) is 5.52. The molecule has 1 amide bonds. The van der Waals surface area contributed by atoms with Gasteiger partial charge in [-0.25, -0.2) is 22.3 Å². The van der Waals surface area contributed by atoms with Crippen molar-refractivity contribution in [2.75, 3.05) is 43.6 Å². The van der Waals surface area contributed by atoms with Gasteiger partial charge in [0.15, 0.2) is 9.84 Å². The Hall–Kier alpha value is -3.23. The predicted molar refractivity (Wildman–Crippen MR) is 125 cm³/mol. The summed E-state index contributed by atoms with van der Waals surface area (Å²) < 4.78 is 45.1. The molecule has 0 radical (unpaired) electrons. The number of anilines is 1. The fraction of sp³-hybridized carbons (Fsp3) is 0.435. The molecule has 1 fully saturated rings. The number of sulfone groups is 1. The highest BCUT2D eigenvalue weighted by Crippen LogP contribution is 2.30. The van der Waals surface area contributed by atoms with Crippen LogP contribution in [-0.4, -0.2) is 79.2 Å². The SMILES string of the molecule is CN(C)CC#CCc1cn(CC2CN(c3ccc(C4=CCS(=O)(=O)CC4)c(F)c3)C(=O)O2)nn1. The molecule has 2 aromatic rings. The smallest absolute Gasteiger partial charge is 0.414 e. The van der Waals surface area contributed by atoms with Crippen LogP contribution in [0.4, 0.5) is 14.9 Å². The van der Waals surface area contributed by atoms with Crippen LogP contribution in [0.1, 0.15) is 17.7 Å². The van der Waals surface area contributed by atoms with Crippen LogP contribution in [-0.2, 0) is 27.5 Å². The maximum Gasteiger partial charge on any atom is 0.414 e. The lowest BCUT2D eigenvalue weighted by molar-refractivity contribution is 0.129. The van der Waals surface area contributed by atoms with E-state index < -0.39 is 27.9 Å². The second-order valence-corrected chi connectivity index (χ2v) is 10.8. The maximum atomic E-state index is 14.8. The number of amides is 1. The molecule has 180 valence electrons. The first kappa shape index (κ1) is 23.9. The number of halogens is 1. The van der Waals surface area contributed by atoms with Gasteiger partial charge >= 0.3 is 6.09 Å². The Morgan fingerprint density at radius 2 is 2.12 bits per heavy atom. The van der Waals surface area contributed by atoms with E-state index in [9.17, 15) is 17.6 Å². The molecule has 0 aliphatic carbocycles. The molecule has 1 aromatic carbocycles. The summed E-state index contributed by atoms with van der Waals surface area (Å²) in [6, 6.07) is 4.50. The van der Waals surface area contributed by atoms with E-state index in [1.807, 2.05) is 19.0 Å². The van der Waals surface area contributed by atoms with Crippen molar-refractivity contribution in [2.24, 2.45) is 0 Å². The van der Waals surface area contributed by atoms with Crippen molar-refractivity contribution in [3.63, 3.8) is 0 Å². The van der Waals surface area contributed by atoms with Gasteiger partial charge in [-0.05, 0) is 44.3 Å². The van der Waals surface area contributed by atoms with Crippen molar-refractivity contribution in [2.45, 2.75) is 25.5 Å². The summed E-state index contributed by atoms with van der Waals surface area (Å²) in [5, 5.41) is 8.17. The summed E-state index contributed by atoms with van der Waals surface area (Å²) in [6.07, 6.45) is 3.06. The van der Waals surface area contributed by atoms with Gasteiger partial charge in [0.25, 0.3) is 0 Å². The van der Waals surface area contributed by atoms with E-state index in [4.69, 9.17) is 4.74 Å². The monoisotopic (exact) mass is 487 g/mol. The number of rotatable bonds is 6. The van der Waals surface area contributed by atoms with Crippen molar-refractivity contribution < 1.29 is 22.3 Å². The zero-order chi connectivity index (χ0) is 24.3. The molecule has 1 atom stereocenters. The Morgan fingerprint density at radius 1 is 1.29 bits per heavy atom. The first-order chi connectivity index (χ1) is 16.2. The number of ether oxygens (including phenoxy) is 1. The van der Waals surface area contributed by atoms with Gasteiger partial charge < -0.3 is 4.74 Å². The second-order valence-electron chi connectivity index (χ2n) is 8.57. The van der Waals surface area contributed by atoms with E-state index in [0.29, 0.717) is 36.3 Å². The summed E-state index contributed by atoms with van der Waals surface area (Å²) in [4.78, 5) is 15.8. The molecule has 0 bridgehead atoms. The largest absolute Gasteiger partial charge is 0.442 e. The summed E-state index contributed by atoms with van der Waals surface area (Å²) >= 11 is 0. The van der Waals surface area contributed by atoms with Gasteiger partial charge in [0, 0.05) is 11.8 Å². The van der Waals surface area contributed by atoms with Crippen LogP contribution >= 0.6 is 0 Å². The first-order valence-electron chi connectivity index (χ1n) is 10.9. The van der Waals surface area contributed by atoms with Crippen molar-refractivity contribution in [1.29, 1.82) is 0 Å². The molecular formula is C23H26FN5O4S. The van der Waals surface area contributed by atoms with Crippen molar-refractivity contribution in [3.8, 4) is 11.8 Å². The Balaban J connectivity index is 1.38. The average molecular weight is 488 g/mol. The Labute approximate surface area is 198 Å². The standard InChI is InChI=1S/C23H26FN5O4S/c1-27(2)10-4-3-5-18-14-28(26-25-18)15-20-16-29(23(30)33-20)19-6-7-21(22(24)13-19)17-8-11-34(31,32)12-9-17/h6-8,13-14,20H,5,9-12,15-16H2,1-2H3. The number of benzene rings is 1. The molecule has 9 nitrogen and oxygen atoms in total. The number of hydrogen-bond acceptors (Lipinski definition) is 7. The van der Waals surface area contributed by atoms with Crippen LogP contribution in [0.3, 0.4) is 0 Å². The van der Waals surface area contributed by atoms with Gasteiger partial charge in [-0.1, -0.05) is 23.1 Å². The van der Waals surface area contributed by atoms with Crippen molar-refractivity contribution in [1.82, 2.24) is 19.9 Å². The normalized spacial score (nSPS) is 19.5. The summed E-state index contributed by atoms with van der Waals surface area (Å²) in [6.45, 7) is 1.24. The Morgan fingerprint density at radius 3 is 2.82 bits per heavy atom. The molecule has 3 heterocycles. The highest BCUT2D eigenvalue weighted by Gasteiger charge is 2.33. The maximum absolute atomic E-state index is 14.8. The number of carbonyl (C=O) groups is 1. The van der Waals surface area contributed by atoms with Crippen molar-refractivity contribution in [3.05, 3.63) is 47.5 Å². The molecule has 0 N–H and O–H groups in total. The van der Waals surface area contributed by atoms with Crippen LogP contribution in [0.15, 0.2) is 30.5 Å². The number of hydrogen-bond donors (Lipinski definition) is 0. The second kappa shape index (κ2) is 9.95. The third kappa shape index (κ3) is 5.81. The zero-order valence-electron chi connectivity index (χ0n) is 19.1. The van der Waals surface area contributed by atoms with E-state index in [0.717, 1.165) is 5.69 Å². The quantitative estimate of drug-likeness (QED) is 0.573. The molecule has 4 rings (SSSR count). The molecule has 0 spiro atoms. The van der Waals surface area contributed by atoms with Crippen molar-refractivity contribution >= 4 is 27.2 Å². The van der Waals surface area contributed by atoms with Crippen LogP contribution in [0.2, 0.25) is 0 Å². The average Bonchev–Trinajstić information content (AvgIpc) is 3.37. The molecule has 1 aromatic heterocycles. The molecule has 1 unspecified atom stereocenters. The number of allylic oxidation sites excluding steroid dienone is 1. The minimum Gasteiger partial charge on any atom is -0.442 e. The molecule has 34 heavy (non-hydrogen) atoms. The van der Waals surface area contributed by atoms with Gasteiger partial charge in [0.05, 0.1) is 48.9 Å². The highest BCUT2D eigenvalue weighted by molar-refractivity contribution is 7.91. The molecular weight excluding hydrogens is 461 g/mol. The highest BCUT2D eigenvalue weighted by atomic mass is 32.2. The van der Waals surface area contributed by atoms with Crippen LogP contribution in [0.25, 0.3) is 5.57 Å². The van der Waals surface area contributed by atoms with Gasteiger partial charge in [0.2, 0.25) is 0 Å². The number of nitrogens with zero attached hydrogens (tertiary/aromatic N) is 5. The van der Waals surface area contributed by atoms with E-state index >= 15 is 0 Å². The number of cyclic esters (lactones) is 1. The molecule has 1 saturated heterocycles. The van der Waals surface area contributed by atoms with E-state index in [2.05, 4.69) is 22.2 Å². The van der Waals surface area contributed by atoms with Gasteiger partial charge in [0.1, 0.15) is 11.9 Å². The minimum absolute atomic E-state index is 0.00676. The van der Waals surface area contributed by atoms with Crippen LogP contribution in [0, 0.1) is 17.7 Å². The lowest BCUT2D eigenvalue weighted by Crippen LogP contribution is -2.26. The Bertz CT molecular complexity index is 1280. The summed E-state index contributed by atoms with van der Waals surface area (Å²) in [5.74, 6) is 5.50. The Kier molecular flexibility index (Phi) is 7.00. The van der Waals surface area contributed by atoms with E-state index in [1.54, 1.807) is 29.1 Å². The van der Waals surface area contributed by atoms with Gasteiger partial charge in [-0.15, -0.1) is 5.10 Å². The van der Waals surface area contributed by atoms with E-state index in [1.165, 1.54) is 11.0 Å². The van der Waals surface area contributed by atoms with Gasteiger partial charge in [-0.2, -0.15) is 0 Å². The minimum atomic E-state index is -3.09. The van der Waals surface area contributed by atoms with Crippen LogP contribution in [0.5, 0.6) is 0 Å². The lowest BCUT2D eigenvalue weighted by atomic mass is 10.0. The third-order valence-corrected chi connectivity index (χ3v) is 7.02.